The number of amides is 1. The topological polar surface area (TPSA) is 53.6 Å². The van der Waals surface area contributed by atoms with Gasteiger partial charge < -0.3 is 20.3 Å². The zero-order valence-electron chi connectivity index (χ0n) is 17.6. The van der Waals surface area contributed by atoms with E-state index in [0.29, 0.717) is 30.4 Å². The molecule has 0 saturated heterocycles. The summed E-state index contributed by atoms with van der Waals surface area (Å²) in [6, 6.07) is 5.81. The van der Waals surface area contributed by atoms with Crippen LogP contribution in [0, 0.1) is 5.92 Å². The molecule has 0 unspecified atom stereocenters. The third kappa shape index (κ3) is 10.1. The van der Waals surface area contributed by atoms with Crippen molar-refractivity contribution in [1.82, 2.24) is 10.2 Å². The summed E-state index contributed by atoms with van der Waals surface area (Å²) >= 11 is 0. The number of nitrogens with one attached hydrogen (secondary N) is 2. The van der Waals surface area contributed by atoms with Crippen LogP contribution in [0.3, 0.4) is 0 Å². The summed E-state index contributed by atoms with van der Waals surface area (Å²) in [5.74, 6) is 1.09. The number of carbonyl (C=O) groups is 1. The van der Waals surface area contributed by atoms with Crippen LogP contribution in [-0.4, -0.2) is 44.5 Å². The van der Waals surface area contributed by atoms with Gasteiger partial charge in [-0.3, -0.25) is 4.79 Å². The van der Waals surface area contributed by atoms with Crippen molar-refractivity contribution in [2.45, 2.75) is 41.2 Å². The first kappa shape index (κ1) is 24.0. The Balaban J connectivity index is 0.00000301. The number of hydrogen-bond acceptors (Lipinski definition) is 4. The van der Waals surface area contributed by atoms with Crippen LogP contribution < -0.4 is 10.6 Å². The lowest BCUT2D eigenvalue weighted by Crippen LogP contribution is -2.32. The van der Waals surface area contributed by atoms with Crippen LogP contribution in [0.5, 0.6) is 0 Å². The Kier molecular flexibility index (Phi) is 12.2. The van der Waals surface area contributed by atoms with Gasteiger partial charge in [-0.15, -0.1) is 0 Å². The molecule has 0 radical (unpaired) electrons. The molecular formula is C21H37N3O2. The van der Waals surface area contributed by atoms with Crippen molar-refractivity contribution < 1.29 is 9.53 Å². The highest BCUT2D eigenvalue weighted by molar-refractivity contribution is 5.96. The van der Waals surface area contributed by atoms with Gasteiger partial charge in [-0.1, -0.05) is 40.3 Å². The largest absolute Gasteiger partial charge is 0.494 e. The number of nitrogens with zero attached hydrogens (tertiary/aromatic N) is 1. The molecule has 0 saturated carbocycles. The summed E-state index contributed by atoms with van der Waals surface area (Å²) in [4.78, 5) is 14.6. The van der Waals surface area contributed by atoms with E-state index in [2.05, 4.69) is 31.1 Å². The molecule has 0 aliphatic heterocycles. The fourth-order valence-corrected chi connectivity index (χ4v) is 2.03. The molecule has 0 aliphatic rings. The van der Waals surface area contributed by atoms with Gasteiger partial charge in [-0.25, -0.2) is 0 Å². The van der Waals surface area contributed by atoms with Crippen LogP contribution in [0.1, 0.15) is 50.5 Å². The van der Waals surface area contributed by atoms with Crippen molar-refractivity contribution in [1.29, 1.82) is 0 Å². The van der Waals surface area contributed by atoms with Crippen molar-refractivity contribution in [2.75, 3.05) is 39.0 Å². The van der Waals surface area contributed by atoms with E-state index in [0.717, 1.165) is 24.3 Å². The van der Waals surface area contributed by atoms with Crippen molar-refractivity contribution >= 4 is 11.6 Å². The van der Waals surface area contributed by atoms with Gasteiger partial charge >= 0.3 is 0 Å². The van der Waals surface area contributed by atoms with Gasteiger partial charge in [0.05, 0.1) is 5.76 Å². The smallest absolute Gasteiger partial charge is 0.251 e. The molecule has 1 aromatic carbocycles. The third-order valence-electron chi connectivity index (χ3n) is 3.39. The first-order valence-electron chi connectivity index (χ1n) is 9.37. The molecule has 0 spiro atoms. The monoisotopic (exact) mass is 363 g/mol. The molecule has 0 aromatic heterocycles. The highest BCUT2D eigenvalue weighted by Crippen LogP contribution is 2.18. The van der Waals surface area contributed by atoms with Crippen LogP contribution in [-0.2, 0) is 11.3 Å². The first-order chi connectivity index (χ1) is 12.3. The molecule has 1 amide bonds. The molecule has 1 rings (SSSR count). The maximum Gasteiger partial charge on any atom is 0.251 e. The van der Waals surface area contributed by atoms with E-state index in [4.69, 9.17) is 4.74 Å². The maximum absolute atomic E-state index is 12.5. The fourth-order valence-electron chi connectivity index (χ4n) is 2.03. The number of anilines is 1. The molecule has 148 valence electrons. The average Bonchev–Trinajstić information content (AvgIpc) is 2.59. The summed E-state index contributed by atoms with van der Waals surface area (Å²) in [7, 11) is 3.96. The molecule has 0 bridgehead atoms. The summed E-state index contributed by atoms with van der Waals surface area (Å²) in [5.41, 5.74) is 2.44. The second-order valence-electron chi connectivity index (χ2n) is 6.70. The molecule has 0 heterocycles. The van der Waals surface area contributed by atoms with Gasteiger partial charge in [0.1, 0.15) is 6.61 Å². The molecule has 26 heavy (non-hydrogen) atoms. The molecule has 1 aromatic rings. The van der Waals surface area contributed by atoms with Gasteiger partial charge in [0.15, 0.2) is 0 Å². The Labute approximate surface area is 159 Å². The zero-order chi connectivity index (χ0) is 20.1. The van der Waals surface area contributed by atoms with Gasteiger partial charge in [0, 0.05) is 36.4 Å². The number of ether oxygens (including phenoxy) is 1. The van der Waals surface area contributed by atoms with Gasteiger partial charge in [0.25, 0.3) is 5.91 Å². The molecule has 5 heteroatoms. The van der Waals surface area contributed by atoms with E-state index in [-0.39, 0.29) is 5.91 Å². The molecule has 0 aliphatic carbocycles. The Morgan fingerprint density at radius 1 is 1.27 bits per heavy atom. The van der Waals surface area contributed by atoms with Crippen molar-refractivity contribution in [3.05, 3.63) is 41.7 Å². The highest BCUT2D eigenvalue weighted by atomic mass is 16.5. The van der Waals surface area contributed by atoms with Crippen molar-refractivity contribution in [3.63, 3.8) is 0 Å². The van der Waals surface area contributed by atoms with Gasteiger partial charge in [-0.05, 0) is 39.1 Å². The highest BCUT2D eigenvalue weighted by Gasteiger charge is 2.13. The van der Waals surface area contributed by atoms with Crippen molar-refractivity contribution in [3.8, 4) is 0 Å². The minimum Gasteiger partial charge on any atom is -0.494 e. The second kappa shape index (κ2) is 13.2. The quantitative estimate of drug-likeness (QED) is 0.614. The minimum absolute atomic E-state index is 0.0784. The lowest BCUT2D eigenvalue weighted by molar-refractivity contribution is 0.0946. The number of allylic oxidation sites excluding steroid dienone is 1. The van der Waals surface area contributed by atoms with E-state index in [1.165, 1.54) is 0 Å². The molecule has 5 nitrogen and oxygen atoms in total. The molecular weight excluding hydrogens is 326 g/mol. The Morgan fingerprint density at radius 3 is 2.46 bits per heavy atom. The molecule has 2 N–H and O–H groups in total. The third-order valence-corrected chi connectivity index (χ3v) is 3.39. The van der Waals surface area contributed by atoms with Crippen LogP contribution >= 0.6 is 0 Å². The second-order valence-corrected chi connectivity index (χ2v) is 6.70. The predicted octanol–water partition coefficient (Wildman–Crippen LogP) is 4.12. The maximum atomic E-state index is 12.5. The van der Waals surface area contributed by atoms with Gasteiger partial charge in [0.2, 0.25) is 0 Å². The number of carbonyl (C=O) groups excluding carboxylic acids is 1. The van der Waals surface area contributed by atoms with Crippen molar-refractivity contribution in [2.24, 2.45) is 5.92 Å². The predicted molar refractivity (Wildman–Crippen MR) is 112 cm³/mol. The lowest BCUT2D eigenvalue weighted by atomic mass is 10.1. The van der Waals surface area contributed by atoms with E-state index in [1.807, 2.05) is 51.0 Å². The Hall–Kier alpha value is -2.01. The van der Waals surface area contributed by atoms with E-state index < -0.39 is 0 Å². The molecule has 0 fully saturated rings. The normalized spacial score (nSPS) is 10.2. The molecule has 0 atom stereocenters. The summed E-state index contributed by atoms with van der Waals surface area (Å²) in [6.45, 7) is 16.5. The lowest BCUT2D eigenvalue weighted by Gasteiger charge is -2.16. The van der Waals surface area contributed by atoms with Crippen LogP contribution in [0.25, 0.3) is 0 Å². The fraction of sp³-hybridized carbons (Fsp3) is 0.571. The zero-order valence-corrected chi connectivity index (χ0v) is 17.6. The Bertz CT molecular complexity index is 554. The standard InChI is InChI=1S/C19H31N3O2.C2H6/c1-14(2)12-21-17-8-7-16(13-24-15(3)4)18(11-17)19(23)20-9-10-22(5)6;1-2/h7-8,11,14,21H,3,9-10,12-13H2,1-2,4-6H3,(H,20,23);1-2H3. The number of likely N-dealkylation sites (N-methyl/N-ethyl adjacent to an activating group) is 1. The number of benzene rings is 1. The summed E-state index contributed by atoms with van der Waals surface area (Å²) in [5, 5.41) is 6.32. The van der Waals surface area contributed by atoms with Crippen LogP contribution in [0.15, 0.2) is 30.5 Å². The Morgan fingerprint density at radius 2 is 1.92 bits per heavy atom. The van der Waals surface area contributed by atoms with Crippen LogP contribution in [0.4, 0.5) is 5.69 Å². The summed E-state index contributed by atoms with van der Waals surface area (Å²) < 4.78 is 5.50. The van der Waals surface area contributed by atoms with E-state index in [9.17, 15) is 4.79 Å². The average molecular weight is 364 g/mol. The van der Waals surface area contributed by atoms with Crippen LogP contribution in [0.2, 0.25) is 0 Å². The van der Waals surface area contributed by atoms with E-state index in [1.54, 1.807) is 6.92 Å². The first-order valence-corrected chi connectivity index (χ1v) is 9.37. The number of hydrogen-bond donors (Lipinski definition) is 2. The SMILES string of the molecule is C=C(C)OCc1ccc(NCC(C)C)cc1C(=O)NCCN(C)C.CC. The van der Waals surface area contributed by atoms with Gasteiger partial charge in [-0.2, -0.15) is 0 Å². The minimum atomic E-state index is -0.0784. The number of rotatable bonds is 10. The van der Waals surface area contributed by atoms with E-state index >= 15 is 0 Å². The summed E-state index contributed by atoms with van der Waals surface area (Å²) in [6.07, 6.45) is 0.